The average Bonchev–Trinajstić information content (AvgIpc) is 3.27. The Kier molecular flexibility index (Phi) is 33.5. The number of hydrogen-bond donors (Lipinski definition) is 0. The molecule has 0 fully saturated rings. The van der Waals surface area contributed by atoms with Gasteiger partial charge in [-0.25, -0.2) is 0 Å². The lowest BCUT2D eigenvalue weighted by Gasteiger charge is -2.55. The van der Waals surface area contributed by atoms with Gasteiger partial charge in [-0.3, -0.25) is 4.79 Å². The summed E-state index contributed by atoms with van der Waals surface area (Å²) in [6.45, 7) is 56.8. The molecule has 0 radical (unpaired) electrons. The van der Waals surface area contributed by atoms with Gasteiger partial charge in [0, 0.05) is 18.3 Å². The monoisotopic (exact) mass is 1020 g/mol. The molecule has 0 saturated carbocycles. The average molecular weight is 1020 g/mol. The molecule has 2 heteroatoms. The third kappa shape index (κ3) is 26.6. The minimum absolute atomic E-state index is 0.0941. The van der Waals surface area contributed by atoms with Gasteiger partial charge < -0.3 is 4.74 Å². The zero-order valence-electron chi connectivity index (χ0n) is 53.8. The second-order valence-corrected chi connectivity index (χ2v) is 26.7. The van der Waals surface area contributed by atoms with Gasteiger partial charge in [0.2, 0.25) is 0 Å². The van der Waals surface area contributed by atoms with Gasteiger partial charge in [-0.15, -0.1) is 0 Å². The Bertz CT molecular complexity index is 1910. The first kappa shape index (κ1) is 70.6. The number of esters is 1. The van der Waals surface area contributed by atoms with Crippen LogP contribution in [0.2, 0.25) is 0 Å². The van der Waals surface area contributed by atoms with E-state index in [4.69, 9.17) is 4.74 Å². The van der Waals surface area contributed by atoms with Crippen LogP contribution in [0.5, 0.6) is 0 Å². The van der Waals surface area contributed by atoms with Gasteiger partial charge in [0.1, 0.15) is 5.60 Å². The first-order chi connectivity index (χ1) is 34.3. The van der Waals surface area contributed by atoms with E-state index in [0.29, 0.717) is 44.4 Å². The van der Waals surface area contributed by atoms with E-state index in [1.165, 1.54) is 105 Å². The fourth-order valence-electron chi connectivity index (χ4n) is 10.7. The van der Waals surface area contributed by atoms with Crippen molar-refractivity contribution in [2.24, 2.45) is 34.0 Å². The van der Waals surface area contributed by atoms with Gasteiger partial charge in [0.05, 0.1) is 5.41 Å². The van der Waals surface area contributed by atoms with Crippen LogP contribution in [0, 0.1) is 34.0 Å². The first-order valence-corrected chi connectivity index (χ1v) is 29.6. The Labute approximate surface area is 462 Å². The highest BCUT2D eigenvalue weighted by Gasteiger charge is 2.53. The molecule has 0 aliphatic carbocycles. The van der Waals surface area contributed by atoms with E-state index in [0.717, 1.165) is 43.9 Å². The smallest absolute Gasteiger partial charge is 0.313 e. The van der Waals surface area contributed by atoms with E-state index in [2.05, 4.69) is 234 Å². The summed E-state index contributed by atoms with van der Waals surface area (Å²) in [5.41, 5.74) is 13.2. The van der Waals surface area contributed by atoms with Crippen LogP contribution >= 0.6 is 0 Å². The van der Waals surface area contributed by atoms with Crippen LogP contribution in [-0.4, -0.2) is 11.6 Å². The molecule has 0 heterocycles. The van der Waals surface area contributed by atoms with Crippen molar-refractivity contribution in [3.05, 3.63) is 128 Å². The molecule has 0 aliphatic rings. The van der Waals surface area contributed by atoms with Crippen molar-refractivity contribution in [1.82, 2.24) is 0 Å². The summed E-state index contributed by atoms with van der Waals surface area (Å²) in [6, 6.07) is 0. The van der Waals surface area contributed by atoms with E-state index < -0.39 is 11.0 Å². The minimum atomic E-state index is -0.967. The van der Waals surface area contributed by atoms with Crippen molar-refractivity contribution >= 4 is 5.97 Å². The zero-order valence-corrected chi connectivity index (χ0v) is 53.8. The van der Waals surface area contributed by atoms with E-state index in [-0.39, 0.29) is 16.8 Å². The first-order valence-electron chi connectivity index (χ1n) is 29.6. The molecule has 2 unspecified atom stereocenters. The molecular formula is C72H122O2. The second kappa shape index (κ2) is 35.1. The van der Waals surface area contributed by atoms with Crippen molar-refractivity contribution in [1.29, 1.82) is 0 Å². The summed E-state index contributed by atoms with van der Waals surface area (Å²) in [5, 5.41) is 0. The number of allylic oxidation sites excluding steroid dienone is 19. The van der Waals surface area contributed by atoms with E-state index >= 15 is 4.79 Å². The molecule has 0 aromatic heterocycles. The Morgan fingerprint density at radius 1 is 0.378 bits per heavy atom. The normalized spacial score (nSPS) is 13.1. The van der Waals surface area contributed by atoms with Crippen molar-refractivity contribution in [3.8, 4) is 0 Å². The molecule has 0 aliphatic heterocycles. The number of carbonyl (C=O) groups excluding carboxylic acids is 1. The highest BCUT2D eigenvalue weighted by atomic mass is 16.6. The molecule has 0 saturated heterocycles. The summed E-state index contributed by atoms with van der Waals surface area (Å²) >= 11 is 0. The lowest BCUT2D eigenvalue weighted by Crippen LogP contribution is -2.48. The molecule has 0 amide bonds. The SMILES string of the molecule is CC(C)=CC/C(=C(/C)C(CC=C(C)C)(CC=C(C)C)C(CC=C(C)C)(CC=C(C)C)CC(C)CCCC(C)CCCC(C)C)C(CC=C(C)C)(CC=C(C)C)OC(=O)C(CC=C(C)C)(CC=C(C)C)CC=C(C)C. The number of rotatable bonds is 35. The van der Waals surface area contributed by atoms with Crippen LogP contribution in [0.1, 0.15) is 282 Å². The molecule has 422 valence electrons. The van der Waals surface area contributed by atoms with Crippen molar-refractivity contribution in [2.75, 3.05) is 0 Å². The van der Waals surface area contributed by atoms with Gasteiger partial charge in [-0.2, -0.15) is 0 Å². The van der Waals surface area contributed by atoms with Crippen LogP contribution in [0.3, 0.4) is 0 Å². The number of ether oxygens (including phenoxy) is 1. The van der Waals surface area contributed by atoms with Crippen molar-refractivity contribution in [2.45, 2.75) is 288 Å². The summed E-state index contributed by atoms with van der Waals surface area (Å²) in [6.07, 6.45) is 40.6. The van der Waals surface area contributed by atoms with Gasteiger partial charge in [-0.05, 0) is 232 Å². The molecule has 0 N–H and O–H groups in total. The molecule has 0 aromatic carbocycles. The van der Waals surface area contributed by atoms with Gasteiger partial charge in [0.15, 0.2) is 0 Å². The number of hydrogen-bond acceptors (Lipinski definition) is 2. The number of carbonyl (C=O) groups is 1. The maximum absolute atomic E-state index is 16.3. The predicted molar refractivity (Wildman–Crippen MR) is 335 cm³/mol. The maximum atomic E-state index is 16.3. The summed E-state index contributed by atoms with van der Waals surface area (Å²) in [4.78, 5) is 16.3. The van der Waals surface area contributed by atoms with Gasteiger partial charge in [0.25, 0.3) is 0 Å². The van der Waals surface area contributed by atoms with Crippen LogP contribution in [0.25, 0.3) is 0 Å². The third-order valence-electron chi connectivity index (χ3n) is 15.7. The highest BCUT2D eigenvalue weighted by Crippen LogP contribution is 2.61. The molecular weight excluding hydrogens is 897 g/mol. The largest absolute Gasteiger partial charge is 0.453 e. The Hall–Kier alpha value is -3.39. The van der Waals surface area contributed by atoms with Gasteiger partial charge >= 0.3 is 5.97 Å². The maximum Gasteiger partial charge on any atom is 0.313 e. The quantitative estimate of drug-likeness (QED) is 0.0467. The molecule has 0 spiro atoms. The Balaban J connectivity index is 9.84. The molecule has 0 rings (SSSR count). The fraction of sp³-hybridized carbons (Fsp3) is 0.681. The minimum Gasteiger partial charge on any atom is -0.453 e. The Morgan fingerprint density at radius 2 is 0.689 bits per heavy atom. The van der Waals surface area contributed by atoms with Crippen LogP contribution < -0.4 is 0 Å². The second-order valence-electron chi connectivity index (χ2n) is 26.7. The summed E-state index contributed by atoms with van der Waals surface area (Å²) in [7, 11) is 0. The van der Waals surface area contributed by atoms with Crippen molar-refractivity contribution in [3.63, 3.8) is 0 Å². The molecule has 0 aromatic rings. The van der Waals surface area contributed by atoms with E-state index in [9.17, 15) is 0 Å². The topological polar surface area (TPSA) is 26.3 Å². The molecule has 2 nitrogen and oxygen atoms in total. The van der Waals surface area contributed by atoms with E-state index in [1.54, 1.807) is 0 Å². The molecule has 74 heavy (non-hydrogen) atoms. The molecule has 0 bridgehead atoms. The molecule has 2 atom stereocenters. The summed E-state index contributed by atoms with van der Waals surface area (Å²) < 4.78 is 7.81. The van der Waals surface area contributed by atoms with E-state index in [1.807, 2.05) is 0 Å². The third-order valence-corrected chi connectivity index (χ3v) is 15.7. The fourth-order valence-corrected chi connectivity index (χ4v) is 10.7. The zero-order chi connectivity index (χ0) is 57.0. The highest BCUT2D eigenvalue weighted by molar-refractivity contribution is 5.79. The Morgan fingerprint density at radius 3 is 1.04 bits per heavy atom. The lowest BCUT2D eigenvalue weighted by molar-refractivity contribution is -0.168. The predicted octanol–water partition coefficient (Wildman–Crippen LogP) is 23.8. The van der Waals surface area contributed by atoms with Crippen LogP contribution in [0.15, 0.2) is 128 Å². The summed E-state index contributed by atoms with van der Waals surface area (Å²) in [5.74, 6) is 1.94. The van der Waals surface area contributed by atoms with Crippen molar-refractivity contribution < 1.29 is 9.53 Å². The standard InChI is InChI=1S/C72H122O2/c1-53(2)28-26-29-64(23)30-27-31-65(24)52-70(46-37-58(11)12,47-38-59(13)14)71(48-39-60(15)16,49-40-61(17)18)66(25)67(33-32-54(3)4)72(50-41-62(19)20,51-42-63(21)22)74-68(73)69(43-34-55(5)6,44-35-56(7)8)45-36-57(9)10/h32,34-42,53,64-65H,26-31,33,43-52H2,1-25H3/b67-66+. The van der Waals surface area contributed by atoms with Crippen LogP contribution in [0.4, 0.5) is 0 Å². The van der Waals surface area contributed by atoms with Gasteiger partial charge in [-0.1, -0.05) is 188 Å². The lowest BCUT2D eigenvalue weighted by atomic mass is 9.49. The van der Waals surface area contributed by atoms with Crippen LogP contribution in [-0.2, 0) is 9.53 Å².